The molecule has 0 N–H and O–H groups in total. The third-order valence-corrected chi connectivity index (χ3v) is 4.01. The van der Waals surface area contributed by atoms with Gasteiger partial charge in [0, 0.05) is 30.7 Å². The molecule has 1 aromatic rings. The Hall–Kier alpha value is -0.540. The summed E-state index contributed by atoms with van der Waals surface area (Å²) in [6, 6.07) is 5.07. The zero-order valence-electron chi connectivity index (χ0n) is 9.93. The number of hydrogen-bond donors (Lipinski definition) is 0. The highest BCUT2D eigenvalue weighted by Gasteiger charge is 2.23. The number of rotatable bonds is 5. The van der Waals surface area contributed by atoms with Crippen molar-refractivity contribution in [3.63, 3.8) is 0 Å². The minimum atomic E-state index is 0.817. The zero-order valence-corrected chi connectivity index (χ0v) is 10.7. The van der Waals surface area contributed by atoms with Crippen LogP contribution < -0.4 is 0 Å². The fourth-order valence-electron chi connectivity index (χ4n) is 2.39. The van der Waals surface area contributed by atoms with Crippen molar-refractivity contribution in [1.29, 1.82) is 0 Å². The van der Waals surface area contributed by atoms with Gasteiger partial charge in [0.25, 0.3) is 0 Å². The fourth-order valence-corrected chi connectivity index (χ4v) is 3.16. The highest BCUT2D eigenvalue weighted by molar-refractivity contribution is 7.98. The maximum absolute atomic E-state index is 4.05. The normalized spacial score (nSPS) is 21.4. The minimum Gasteiger partial charge on any atom is -0.299 e. The Bertz CT molecular complexity index is 302. The molecule has 1 aromatic heterocycles. The van der Waals surface area contributed by atoms with Crippen LogP contribution in [0.15, 0.2) is 24.5 Å². The number of aromatic nitrogens is 1. The lowest BCUT2D eigenvalue weighted by Crippen LogP contribution is -2.33. The van der Waals surface area contributed by atoms with Gasteiger partial charge < -0.3 is 0 Å². The third kappa shape index (κ3) is 3.22. The lowest BCUT2D eigenvalue weighted by molar-refractivity contribution is 0.276. The van der Waals surface area contributed by atoms with E-state index in [9.17, 15) is 0 Å². The largest absolute Gasteiger partial charge is 0.299 e. The molecule has 16 heavy (non-hydrogen) atoms. The van der Waals surface area contributed by atoms with Crippen LogP contribution in [0.5, 0.6) is 0 Å². The highest BCUT2D eigenvalue weighted by atomic mass is 32.2. The molecule has 0 aromatic carbocycles. The predicted octanol–water partition coefficient (Wildman–Crippen LogP) is 2.45. The van der Waals surface area contributed by atoms with Gasteiger partial charge in [0.1, 0.15) is 0 Å². The number of pyridine rings is 1. The van der Waals surface area contributed by atoms with E-state index in [0.29, 0.717) is 0 Å². The van der Waals surface area contributed by atoms with E-state index >= 15 is 0 Å². The Balaban J connectivity index is 1.81. The first kappa shape index (κ1) is 11.9. The smallest absolute Gasteiger partial charge is 0.0270 e. The van der Waals surface area contributed by atoms with Crippen LogP contribution in [0.1, 0.15) is 18.4 Å². The molecular formula is C13H20N2S. The molecule has 0 amide bonds. The Morgan fingerprint density at radius 2 is 2.25 bits per heavy atom. The van der Waals surface area contributed by atoms with Crippen LogP contribution in [-0.2, 0) is 6.42 Å². The Labute approximate surface area is 102 Å². The lowest BCUT2D eigenvalue weighted by Gasteiger charge is -2.23. The first-order valence-corrected chi connectivity index (χ1v) is 7.41. The Morgan fingerprint density at radius 1 is 1.44 bits per heavy atom. The van der Waals surface area contributed by atoms with Crippen LogP contribution in [0.3, 0.4) is 0 Å². The molecule has 1 saturated heterocycles. The molecule has 0 unspecified atom stereocenters. The second-order valence-corrected chi connectivity index (χ2v) is 5.30. The van der Waals surface area contributed by atoms with Crippen LogP contribution in [0.2, 0.25) is 0 Å². The summed E-state index contributed by atoms with van der Waals surface area (Å²) < 4.78 is 0. The van der Waals surface area contributed by atoms with E-state index in [2.05, 4.69) is 28.3 Å². The number of thioether (sulfide) groups is 1. The average molecular weight is 236 g/mol. The van der Waals surface area contributed by atoms with E-state index < -0.39 is 0 Å². The molecule has 3 heteroatoms. The summed E-state index contributed by atoms with van der Waals surface area (Å²) in [6.45, 7) is 2.49. The van der Waals surface area contributed by atoms with Gasteiger partial charge in [-0.05, 0) is 49.8 Å². The van der Waals surface area contributed by atoms with E-state index in [1.807, 2.05) is 24.2 Å². The highest BCUT2D eigenvalue weighted by Crippen LogP contribution is 2.20. The van der Waals surface area contributed by atoms with Crippen LogP contribution in [0.4, 0.5) is 0 Å². The van der Waals surface area contributed by atoms with Crippen molar-refractivity contribution in [2.75, 3.05) is 25.1 Å². The molecule has 1 aliphatic rings. The fraction of sp³-hybridized carbons (Fsp3) is 0.615. The number of hydrogen-bond acceptors (Lipinski definition) is 3. The summed E-state index contributed by atoms with van der Waals surface area (Å²) in [5.74, 6) is 1.29. The molecule has 0 radical (unpaired) electrons. The molecule has 88 valence electrons. The van der Waals surface area contributed by atoms with Gasteiger partial charge in [0.15, 0.2) is 0 Å². The molecule has 1 atom stereocenters. The Kier molecular flexibility index (Phi) is 4.67. The SMILES string of the molecule is CSC[C@H]1CCCN1CCc1ccncc1. The van der Waals surface area contributed by atoms with Crippen LogP contribution in [0.25, 0.3) is 0 Å². The summed E-state index contributed by atoms with van der Waals surface area (Å²) in [5.41, 5.74) is 1.41. The molecule has 2 nitrogen and oxygen atoms in total. The summed E-state index contributed by atoms with van der Waals surface area (Å²) >= 11 is 1.97. The monoisotopic (exact) mass is 236 g/mol. The summed E-state index contributed by atoms with van der Waals surface area (Å²) in [6.07, 6.45) is 9.91. The standard InChI is InChI=1S/C13H20N2S/c1-16-11-13-3-2-9-15(13)10-6-12-4-7-14-8-5-12/h4-5,7-8,13H,2-3,6,9-11H2,1H3/t13-/m1/s1. The van der Waals surface area contributed by atoms with Gasteiger partial charge in [-0.3, -0.25) is 9.88 Å². The Morgan fingerprint density at radius 3 is 3.00 bits per heavy atom. The van der Waals surface area contributed by atoms with Crippen molar-refractivity contribution in [3.8, 4) is 0 Å². The van der Waals surface area contributed by atoms with E-state index in [1.165, 1.54) is 37.2 Å². The second kappa shape index (κ2) is 6.26. The lowest BCUT2D eigenvalue weighted by atomic mass is 10.2. The molecule has 1 fully saturated rings. The van der Waals surface area contributed by atoms with E-state index in [4.69, 9.17) is 0 Å². The van der Waals surface area contributed by atoms with Crippen molar-refractivity contribution in [3.05, 3.63) is 30.1 Å². The maximum atomic E-state index is 4.05. The zero-order chi connectivity index (χ0) is 11.2. The van der Waals surface area contributed by atoms with Gasteiger partial charge in [0.2, 0.25) is 0 Å². The van der Waals surface area contributed by atoms with E-state index in [-0.39, 0.29) is 0 Å². The van der Waals surface area contributed by atoms with Gasteiger partial charge in [-0.15, -0.1) is 0 Å². The van der Waals surface area contributed by atoms with Crippen LogP contribution >= 0.6 is 11.8 Å². The van der Waals surface area contributed by atoms with Crippen molar-refractivity contribution in [1.82, 2.24) is 9.88 Å². The molecule has 1 aliphatic heterocycles. The van der Waals surface area contributed by atoms with Gasteiger partial charge in [0.05, 0.1) is 0 Å². The van der Waals surface area contributed by atoms with Crippen LogP contribution in [0, 0.1) is 0 Å². The van der Waals surface area contributed by atoms with Gasteiger partial charge in [-0.2, -0.15) is 11.8 Å². The van der Waals surface area contributed by atoms with Crippen molar-refractivity contribution in [2.24, 2.45) is 0 Å². The van der Waals surface area contributed by atoms with Gasteiger partial charge >= 0.3 is 0 Å². The van der Waals surface area contributed by atoms with Crippen molar-refractivity contribution in [2.45, 2.75) is 25.3 Å². The first-order chi connectivity index (χ1) is 7.90. The van der Waals surface area contributed by atoms with Gasteiger partial charge in [-0.1, -0.05) is 0 Å². The number of likely N-dealkylation sites (tertiary alicyclic amines) is 1. The molecule has 2 rings (SSSR count). The molecule has 0 aliphatic carbocycles. The first-order valence-electron chi connectivity index (χ1n) is 6.02. The molecular weight excluding hydrogens is 216 g/mol. The summed E-state index contributed by atoms with van der Waals surface area (Å²) in [4.78, 5) is 6.70. The second-order valence-electron chi connectivity index (χ2n) is 4.39. The molecule has 0 saturated carbocycles. The van der Waals surface area contributed by atoms with Crippen molar-refractivity contribution >= 4 is 11.8 Å². The van der Waals surface area contributed by atoms with Gasteiger partial charge in [-0.25, -0.2) is 0 Å². The quantitative estimate of drug-likeness (QED) is 0.781. The van der Waals surface area contributed by atoms with E-state index in [0.717, 1.165) is 12.5 Å². The number of nitrogens with zero attached hydrogens (tertiary/aromatic N) is 2. The molecule has 2 heterocycles. The average Bonchev–Trinajstić information content (AvgIpc) is 2.76. The topological polar surface area (TPSA) is 16.1 Å². The van der Waals surface area contributed by atoms with Crippen LogP contribution in [-0.4, -0.2) is 41.0 Å². The predicted molar refractivity (Wildman–Crippen MR) is 70.9 cm³/mol. The third-order valence-electron chi connectivity index (χ3n) is 3.30. The van der Waals surface area contributed by atoms with Crippen molar-refractivity contribution < 1.29 is 0 Å². The molecule has 0 bridgehead atoms. The maximum Gasteiger partial charge on any atom is 0.0270 e. The summed E-state index contributed by atoms with van der Waals surface area (Å²) in [7, 11) is 0. The minimum absolute atomic E-state index is 0.817. The summed E-state index contributed by atoms with van der Waals surface area (Å²) in [5, 5.41) is 0. The molecule has 0 spiro atoms. The van der Waals surface area contributed by atoms with E-state index in [1.54, 1.807) is 0 Å².